The van der Waals surface area contributed by atoms with E-state index < -0.39 is 23.7 Å². The summed E-state index contributed by atoms with van der Waals surface area (Å²) in [5.41, 5.74) is 15.2. The lowest BCUT2D eigenvalue weighted by atomic mass is 9.61. The summed E-state index contributed by atoms with van der Waals surface area (Å²) in [6.07, 6.45) is 2.93. The summed E-state index contributed by atoms with van der Waals surface area (Å²) in [5, 5.41) is 4.85. The van der Waals surface area contributed by atoms with Gasteiger partial charge in [-0.25, -0.2) is 0 Å². The van der Waals surface area contributed by atoms with E-state index >= 15 is 0 Å². The molecule has 11 rings (SSSR count). The van der Waals surface area contributed by atoms with Crippen LogP contribution in [0.3, 0.4) is 0 Å². The lowest BCUT2D eigenvalue weighted by Crippen LogP contribution is -2.41. The van der Waals surface area contributed by atoms with E-state index in [4.69, 9.17) is 14.3 Å². The highest BCUT2D eigenvalue weighted by molar-refractivity contribution is 6.61. The molecule has 1 saturated heterocycles. The minimum absolute atomic E-state index is 0.413. The molecule has 0 N–H and O–H groups in total. The van der Waals surface area contributed by atoms with Crippen LogP contribution in [0.5, 0.6) is 0 Å². The maximum Gasteiger partial charge on any atom is 0.514 e. The van der Waals surface area contributed by atoms with Crippen LogP contribution in [0, 0.1) is 0 Å². The normalized spacial score (nSPS) is 16.9. The molecule has 1 aromatic heterocycles. The Labute approximate surface area is 322 Å². The van der Waals surface area contributed by atoms with Crippen molar-refractivity contribution >= 4 is 34.3 Å². The van der Waals surface area contributed by atoms with Crippen LogP contribution in [0.1, 0.15) is 61.1 Å². The number of hydrogen-bond donors (Lipinski definition) is 0. The molecular formula is C51H40BNO2. The van der Waals surface area contributed by atoms with Crippen LogP contribution in [0.25, 0.3) is 54.9 Å². The van der Waals surface area contributed by atoms with Gasteiger partial charge < -0.3 is 9.31 Å². The largest absolute Gasteiger partial charge is 0.514 e. The summed E-state index contributed by atoms with van der Waals surface area (Å²) in [7, 11) is -0.507. The summed E-state index contributed by atoms with van der Waals surface area (Å²) in [4.78, 5) is 4.96. The first-order valence-electron chi connectivity index (χ1n) is 19.4. The zero-order valence-electron chi connectivity index (χ0n) is 31.6. The number of nitrogens with zero attached hydrogens (tertiary/aromatic N) is 1. The van der Waals surface area contributed by atoms with Gasteiger partial charge in [0.1, 0.15) is 0 Å². The predicted octanol–water partition coefficient (Wildman–Crippen LogP) is 11.3. The summed E-state index contributed by atoms with van der Waals surface area (Å²) < 4.78 is 12.7. The topological polar surface area (TPSA) is 31.4 Å². The van der Waals surface area contributed by atoms with Gasteiger partial charge in [0.2, 0.25) is 0 Å². The van der Waals surface area contributed by atoms with Crippen molar-refractivity contribution in [3.8, 4) is 33.4 Å². The monoisotopic (exact) mass is 709 g/mol. The number of aromatic nitrogens is 1. The van der Waals surface area contributed by atoms with Crippen molar-refractivity contribution in [2.45, 2.75) is 50.7 Å². The van der Waals surface area contributed by atoms with E-state index in [1.807, 2.05) is 6.20 Å². The van der Waals surface area contributed by atoms with Gasteiger partial charge in [0.25, 0.3) is 0 Å². The summed E-state index contributed by atoms with van der Waals surface area (Å²) in [6, 6.07) is 56.5. The van der Waals surface area contributed by atoms with E-state index in [-0.39, 0.29) is 0 Å². The van der Waals surface area contributed by atoms with E-state index in [9.17, 15) is 0 Å². The van der Waals surface area contributed by atoms with Crippen molar-refractivity contribution in [3.63, 3.8) is 0 Å². The number of rotatable bonds is 3. The standard InChI is InChI=1S/C51H40BNO2/c1-49(2)50(3,4)55-52(54-49)46-28-26-35(31-53-46)48-40-20-9-7-18-38(40)47(39-19-8-10-21-41(39)48)34-25-27-37-36-17-11-14-24-44(36)51(45(37)30-34)42-22-12-5-15-32(42)29-33-16-6-13-23-43(33)51/h5-28,30-31H,29H2,1-4H3. The number of hydrogen-bond acceptors (Lipinski definition) is 3. The fourth-order valence-corrected chi connectivity index (χ4v) is 9.85. The second-order valence-corrected chi connectivity index (χ2v) is 16.4. The molecule has 0 unspecified atom stereocenters. The average molecular weight is 710 g/mol. The van der Waals surface area contributed by atoms with Gasteiger partial charge in [0.05, 0.1) is 22.2 Å². The minimum Gasteiger partial charge on any atom is -0.398 e. The van der Waals surface area contributed by atoms with E-state index in [1.54, 1.807) is 0 Å². The number of pyridine rings is 1. The van der Waals surface area contributed by atoms with Crippen molar-refractivity contribution < 1.29 is 9.31 Å². The van der Waals surface area contributed by atoms with Crippen LogP contribution < -0.4 is 5.59 Å². The Balaban J connectivity index is 1.14. The molecule has 1 aliphatic heterocycles. The summed E-state index contributed by atoms with van der Waals surface area (Å²) >= 11 is 0. The third-order valence-electron chi connectivity index (χ3n) is 13.1. The molecule has 1 spiro atoms. The highest BCUT2D eigenvalue weighted by atomic mass is 16.7. The predicted molar refractivity (Wildman–Crippen MR) is 226 cm³/mol. The average Bonchev–Trinajstić information content (AvgIpc) is 3.62. The molecule has 0 saturated carbocycles. The first kappa shape index (κ1) is 32.6. The van der Waals surface area contributed by atoms with E-state index in [0.29, 0.717) is 0 Å². The number of fused-ring (bicyclic) bond motifs is 11. The molecule has 3 nitrogen and oxygen atoms in total. The van der Waals surface area contributed by atoms with Crippen molar-refractivity contribution in [2.24, 2.45) is 0 Å². The Morgan fingerprint density at radius 3 is 1.51 bits per heavy atom. The van der Waals surface area contributed by atoms with Gasteiger partial charge in [0.15, 0.2) is 0 Å². The quantitative estimate of drug-likeness (QED) is 0.135. The summed E-state index contributed by atoms with van der Waals surface area (Å²) in [6.45, 7) is 8.31. The Morgan fingerprint density at radius 1 is 0.473 bits per heavy atom. The van der Waals surface area contributed by atoms with Crippen LogP contribution in [0.15, 0.2) is 158 Å². The molecule has 0 atom stereocenters. The van der Waals surface area contributed by atoms with Gasteiger partial charge in [-0.2, -0.15) is 0 Å². The highest BCUT2D eigenvalue weighted by Crippen LogP contribution is 2.60. The molecule has 55 heavy (non-hydrogen) atoms. The van der Waals surface area contributed by atoms with Crippen LogP contribution in [0.4, 0.5) is 0 Å². The lowest BCUT2D eigenvalue weighted by molar-refractivity contribution is 0.00578. The maximum atomic E-state index is 6.35. The second kappa shape index (κ2) is 11.6. The summed E-state index contributed by atoms with van der Waals surface area (Å²) in [5.74, 6) is 0. The molecule has 2 heterocycles. The smallest absolute Gasteiger partial charge is 0.398 e. The van der Waals surface area contributed by atoms with Crippen LogP contribution in [-0.4, -0.2) is 23.3 Å². The molecule has 0 radical (unpaired) electrons. The van der Waals surface area contributed by atoms with Crippen molar-refractivity contribution in [1.29, 1.82) is 0 Å². The van der Waals surface area contributed by atoms with Crippen molar-refractivity contribution in [1.82, 2.24) is 4.98 Å². The van der Waals surface area contributed by atoms with Crippen molar-refractivity contribution in [3.05, 3.63) is 191 Å². The lowest BCUT2D eigenvalue weighted by Gasteiger charge is -2.40. The van der Waals surface area contributed by atoms with Gasteiger partial charge in [-0.3, -0.25) is 4.98 Å². The first-order valence-corrected chi connectivity index (χ1v) is 19.4. The molecule has 0 amide bonds. The Kier molecular flexibility index (Phi) is 6.88. The van der Waals surface area contributed by atoms with E-state index in [1.165, 1.54) is 82.7 Å². The zero-order valence-corrected chi connectivity index (χ0v) is 31.6. The third kappa shape index (κ3) is 4.50. The second-order valence-electron chi connectivity index (χ2n) is 16.4. The van der Waals surface area contributed by atoms with Gasteiger partial charge in [0, 0.05) is 11.8 Å². The Morgan fingerprint density at radius 2 is 0.945 bits per heavy atom. The fraction of sp³-hybridized carbons (Fsp3) is 0.157. The first-order chi connectivity index (χ1) is 26.8. The fourth-order valence-electron chi connectivity index (χ4n) is 9.85. The van der Waals surface area contributed by atoms with Gasteiger partial charge in [-0.15, -0.1) is 0 Å². The van der Waals surface area contributed by atoms with Crippen molar-refractivity contribution in [2.75, 3.05) is 0 Å². The molecular weight excluding hydrogens is 669 g/mol. The van der Waals surface area contributed by atoms with Gasteiger partial charge in [-0.1, -0.05) is 140 Å². The van der Waals surface area contributed by atoms with Crippen LogP contribution in [0.2, 0.25) is 0 Å². The van der Waals surface area contributed by atoms with Gasteiger partial charge in [-0.05, 0) is 129 Å². The van der Waals surface area contributed by atoms with Crippen LogP contribution in [-0.2, 0) is 21.1 Å². The Bertz CT molecular complexity index is 2750. The maximum absolute atomic E-state index is 6.35. The zero-order chi connectivity index (χ0) is 37.1. The van der Waals surface area contributed by atoms with Crippen LogP contribution >= 0.6 is 0 Å². The van der Waals surface area contributed by atoms with Gasteiger partial charge >= 0.3 is 7.12 Å². The van der Waals surface area contributed by atoms with E-state index in [0.717, 1.165) is 17.6 Å². The molecule has 2 aliphatic carbocycles. The Hall–Kier alpha value is -5.81. The third-order valence-corrected chi connectivity index (χ3v) is 13.1. The highest BCUT2D eigenvalue weighted by Gasteiger charge is 2.52. The SMILES string of the molecule is CC1(C)OB(c2ccc(-c3c4ccccc4c(-c4ccc5c(c4)C4(c6ccccc6Cc6ccccc64)c4ccccc4-5)c4ccccc34)cn2)OC1(C)C. The molecule has 8 aromatic rings. The minimum atomic E-state index is -0.507. The molecule has 264 valence electrons. The molecule has 4 heteroatoms. The number of benzene rings is 7. The van der Waals surface area contributed by atoms with E-state index in [2.05, 4.69) is 179 Å². The molecule has 0 bridgehead atoms. The molecule has 1 fully saturated rings. The molecule has 3 aliphatic rings. The molecule has 7 aromatic carbocycles.